The Morgan fingerprint density at radius 3 is 2.17 bits per heavy atom. The van der Waals surface area contributed by atoms with Gasteiger partial charge in [-0.1, -0.05) is 39.8 Å². The Morgan fingerprint density at radius 2 is 1.48 bits per heavy atom. The van der Waals surface area contributed by atoms with Crippen molar-refractivity contribution in [2.45, 2.75) is 44.9 Å². The predicted octanol–water partition coefficient (Wildman–Crippen LogP) is 3.46. The highest BCUT2D eigenvalue weighted by atomic mass is 15.0. The predicted molar refractivity (Wildman–Crippen MR) is 90.0 cm³/mol. The topological polar surface area (TPSA) is 64.5 Å². The van der Waals surface area contributed by atoms with E-state index in [9.17, 15) is 0 Å². The van der Waals surface area contributed by atoms with Crippen LogP contribution in [0.5, 0.6) is 0 Å². The molecule has 0 aliphatic rings. The van der Waals surface area contributed by atoms with Gasteiger partial charge in [-0.2, -0.15) is 0 Å². The van der Waals surface area contributed by atoms with Gasteiger partial charge in [0.1, 0.15) is 18.5 Å². The standard InChI is InChI=1S/C18H21N5/c1-17(2,10-18(3,4)16-21-11-19-12-22-16)15-9-20-13-7-5-6-8-14(13)23-15/h5-9,11-12H,10H2,1-4H3. The summed E-state index contributed by atoms with van der Waals surface area (Å²) in [6.07, 6.45) is 5.84. The summed E-state index contributed by atoms with van der Waals surface area (Å²) in [6.45, 7) is 8.68. The molecule has 5 nitrogen and oxygen atoms in total. The number of rotatable bonds is 4. The third-order valence-corrected chi connectivity index (χ3v) is 4.12. The Bertz CT molecular complexity index is 812. The molecule has 0 unspecified atom stereocenters. The zero-order valence-corrected chi connectivity index (χ0v) is 14.0. The second-order valence-electron chi connectivity index (χ2n) is 7.15. The molecule has 3 aromatic rings. The van der Waals surface area contributed by atoms with Crippen LogP contribution in [0.3, 0.4) is 0 Å². The second-order valence-corrected chi connectivity index (χ2v) is 7.15. The summed E-state index contributed by atoms with van der Waals surface area (Å²) in [5, 5.41) is 0. The molecule has 23 heavy (non-hydrogen) atoms. The highest BCUT2D eigenvalue weighted by Gasteiger charge is 2.34. The first kappa shape index (κ1) is 15.5. The number of nitrogens with zero attached hydrogens (tertiary/aromatic N) is 5. The van der Waals surface area contributed by atoms with Crippen LogP contribution in [0.15, 0.2) is 43.1 Å². The minimum atomic E-state index is -0.181. The molecule has 0 atom stereocenters. The lowest BCUT2D eigenvalue weighted by Gasteiger charge is -2.33. The van der Waals surface area contributed by atoms with Crippen molar-refractivity contribution in [1.82, 2.24) is 24.9 Å². The Hall–Kier alpha value is -2.43. The second kappa shape index (κ2) is 5.65. The van der Waals surface area contributed by atoms with Crippen molar-refractivity contribution in [1.29, 1.82) is 0 Å². The van der Waals surface area contributed by atoms with E-state index in [0.717, 1.165) is 29.0 Å². The SMILES string of the molecule is CC(C)(CC(C)(C)c1ncncn1)c1cnc2ccccc2n1. The van der Waals surface area contributed by atoms with Crippen molar-refractivity contribution in [3.05, 3.63) is 54.6 Å². The number of hydrogen-bond acceptors (Lipinski definition) is 5. The molecule has 3 rings (SSSR count). The fourth-order valence-electron chi connectivity index (χ4n) is 3.15. The third-order valence-electron chi connectivity index (χ3n) is 4.12. The van der Waals surface area contributed by atoms with E-state index in [0.29, 0.717) is 0 Å². The monoisotopic (exact) mass is 307 g/mol. The van der Waals surface area contributed by atoms with Crippen LogP contribution in [0.1, 0.15) is 45.6 Å². The van der Waals surface area contributed by atoms with Gasteiger partial charge in [-0.3, -0.25) is 4.98 Å². The molecule has 0 fully saturated rings. The molecule has 1 aromatic carbocycles. The quantitative estimate of drug-likeness (QED) is 0.738. The van der Waals surface area contributed by atoms with Gasteiger partial charge in [-0.25, -0.2) is 19.9 Å². The van der Waals surface area contributed by atoms with Gasteiger partial charge >= 0.3 is 0 Å². The van der Waals surface area contributed by atoms with E-state index in [2.05, 4.69) is 47.6 Å². The molecule has 0 saturated heterocycles. The molecule has 118 valence electrons. The van der Waals surface area contributed by atoms with E-state index >= 15 is 0 Å². The van der Waals surface area contributed by atoms with E-state index in [-0.39, 0.29) is 10.8 Å². The average Bonchev–Trinajstić information content (AvgIpc) is 2.54. The Balaban J connectivity index is 1.93. The molecule has 0 aliphatic heterocycles. The van der Waals surface area contributed by atoms with E-state index in [1.54, 1.807) is 12.7 Å². The Kier molecular flexibility index (Phi) is 3.80. The van der Waals surface area contributed by atoms with Crippen molar-refractivity contribution in [2.75, 3.05) is 0 Å². The number of benzene rings is 1. The minimum Gasteiger partial charge on any atom is -0.253 e. The fourth-order valence-corrected chi connectivity index (χ4v) is 3.15. The maximum Gasteiger partial charge on any atom is 0.137 e. The molecule has 0 saturated carbocycles. The molecule has 2 aromatic heterocycles. The van der Waals surface area contributed by atoms with Gasteiger partial charge in [0.25, 0.3) is 0 Å². The summed E-state index contributed by atoms with van der Waals surface area (Å²) in [7, 11) is 0. The first-order valence-electron chi connectivity index (χ1n) is 7.73. The van der Waals surface area contributed by atoms with Gasteiger partial charge in [-0.15, -0.1) is 0 Å². The number of aromatic nitrogens is 5. The summed E-state index contributed by atoms with van der Waals surface area (Å²) in [5.74, 6) is 0.800. The summed E-state index contributed by atoms with van der Waals surface area (Å²) < 4.78 is 0. The lowest BCUT2D eigenvalue weighted by atomic mass is 9.73. The maximum absolute atomic E-state index is 4.81. The average molecular weight is 307 g/mol. The summed E-state index contributed by atoms with van der Waals surface area (Å²) in [6, 6.07) is 7.95. The van der Waals surface area contributed by atoms with Crippen molar-refractivity contribution in [2.24, 2.45) is 0 Å². The first-order chi connectivity index (χ1) is 10.9. The van der Waals surface area contributed by atoms with Crippen LogP contribution >= 0.6 is 0 Å². The van der Waals surface area contributed by atoms with Crippen LogP contribution in [0, 0.1) is 0 Å². The van der Waals surface area contributed by atoms with Crippen molar-refractivity contribution < 1.29 is 0 Å². The van der Waals surface area contributed by atoms with Gasteiger partial charge in [0.2, 0.25) is 0 Å². The first-order valence-corrected chi connectivity index (χ1v) is 7.73. The summed E-state index contributed by atoms with van der Waals surface area (Å²) in [5.41, 5.74) is 2.51. The van der Waals surface area contributed by atoms with Crippen LogP contribution in [0.25, 0.3) is 11.0 Å². The van der Waals surface area contributed by atoms with Crippen molar-refractivity contribution in [3.8, 4) is 0 Å². The molecule has 0 amide bonds. The van der Waals surface area contributed by atoms with E-state index < -0.39 is 0 Å². The van der Waals surface area contributed by atoms with Gasteiger partial charge in [0.15, 0.2) is 0 Å². The molecule has 0 N–H and O–H groups in total. The summed E-state index contributed by atoms with van der Waals surface area (Å²) in [4.78, 5) is 21.9. The lowest BCUT2D eigenvalue weighted by Crippen LogP contribution is -2.32. The molecule has 5 heteroatoms. The molecular formula is C18H21N5. The van der Waals surface area contributed by atoms with Gasteiger partial charge in [-0.05, 0) is 18.6 Å². The molecule has 0 aliphatic carbocycles. The van der Waals surface area contributed by atoms with Crippen molar-refractivity contribution in [3.63, 3.8) is 0 Å². The van der Waals surface area contributed by atoms with E-state index in [1.807, 2.05) is 30.5 Å². The number of para-hydroxylation sites is 2. The van der Waals surface area contributed by atoms with Crippen LogP contribution in [0.2, 0.25) is 0 Å². The third kappa shape index (κ3) is 3.18. The Labute approximate surface area is 136 Å². The van der Waals surface area contributed by atoms with E-state index in [4.69, 9.17) is 4.98 Å². The van der Waals surface area contributed by atoms with Gasteiger partial charge in [0, 0.05) is 17.0 Å². The smallest absolute Gasteiger partial charge is 0.137 e. The zero-order chi connectivity index (χ0) is 16.5. The number of fused-ring (bicyclic) bond motifs is 1. The zero-order valence-electron chi connectivity index (χ0n) is 14.0. The molecule has 0 radical (unpaired) electrons. The fraction of sp³-hybridized carbons (Fsp3) is 0.389. The van der Waals surface area contributed by atoms with E-state index in [1.165, 1.54) is 0 Å². The minimum absolute atomic E-state index is 0.146. The molecular weight excluding hydrogens is 286 g/mol. The molecule has 0 spiro atoms. The van der Waals surface area contributed by atoms with Gasteiger partial charge < -0.3 is 0 Å². The molecule has 2 heterocycles. The van der Waals surface area contributed by atoms with Crippen molar-refractivity contribution >= 4 is 11.0 Å². The maximum atomic E-state index is 4.81. The molecule has 0 bridgehead atoms. The highest BCUT2D eigenvalue weighted by molar-refractivity contribution is 5.73. The van der Waals surface area contributed by atoms with Crippen LogP contribution in [-0.4, -0.2) is 24.9 Å². The lowest BCUT2D eigenvalue weighted by molar-refractivity contribution is 0.328. The number of hydrogen-bond donors (Lipinski definition) is 0. The highest BCUT2D eigenvalue weighted by Crippen LogP contribution is 2.36. The van der Waals surface area contributed by atoms with Crippen LogP contribution < -0.4 is 0 Å². The normalized spacial score (nSPS) is 12.5. The van der Waals surface area contributed by atoms with Crippen LogP contribution in [-0.2, 0) is 10.8 Å². The summed E-state index contributed by atoms with van der Waals surface area (Å²) >= 11 is 0. The van der Waals surface area contributed by atoms with Crippen LogP contribution in [0.4, 0.5) is 0 Å². The van der Waals surface area contributed by atoms with Gasteiger partial charge in [0.05, 0.1) is 16.7 Å². The Morgan fingerprint density at radius 1 is 0.826 bits per heavy atom. The largest absolute Gasteiger partial charge is 0.253 e.